The molecule has 0 spiro atoms. The van der Waals surface area contributed by atoms with Gasteiger partial charge in [0.05, 0.1) is 12.1 Å². The molecule has 2 heterocycles. The molecule has 0 radical (unpaired) electrons. The summed E-state index contributed by atoms with van der Waals surface area (Å²) in [5, 5.41) is 17.2. The molecule has 1 fully saturated rings. The number of rotatable bonds is 5. The maximum Gasteiger partial charge on any atom is 0.253 e. The van der Waals surface area contributed by atoms with Crippen LogP contribution in [0.4, 0.5) is 0 Å². The maximum atomic E-state index is 12.5. The number of carbonyl (C=O) groups is 1. The first-order valence-electron chi connectivity index (χ1n) is 7.62. The van der Waals surface area contributed by atoms with Crippen LogP contribution < -0.4 is 5.32 Å². The molecule has 0 aliphatic heterocycles. The standard InChI is InChI=1S/C17H22N2O2S/c1-11-8-15(12(2)19(11)14-4-5-14)16(20)18-10-17(3,21)13-6-7-22-9-13/h6-9,14,21H,4-5,10H2,1-3H3,(H,18,20)/t17-/m1/s1. The Bertz CT molecular complexity index is 682. The number of aliphatic hydroxyl groups is 1. The van der Waals surface area contributed by atoms with Crippen LogP contribution in [0.3, 0.4) is 0 Å². The third-order valence-corrected chi connectivity index (χ3v) is 5.06. The predicted molar refractivity (Wildman–Crippen MR) is 88.4 cm³/mol. The topological polar surface area (TPSA) is 54.3 Å². The van der Waals surface area contributed by atoms with Crippen molar-refractivity contribution < 1.29 is 9.90 Å². The van der Waals surface area contributed by atoms with E-state index in [1.807, 2.05) is 36.7 Å². The van der Waals surface area contributed by atoms with E-state index in [1.54, 1.807) is 6.92 Å². The summed E-state index contributed by atoms with van der Waals surface area (Å²) in [7, 11) is 0. The predicted octanol–water partition coefficient (Wildman–Crippen LogP) is 3.14. The monoisotopic (exact) mass is 318 g/mol. The molecule has 0 saturated heterocycles. The summed E-state index contributed by atoms with van der Waals surface area (Å²) in [6.45, 7) is 5.97. The summed E-state index contributed by atoms with van der Waals surface area (Å²) in [4.78, 5) is 12.5. The summed E-state index contributed by atoms with van der Waals surface area (Å²) >= 11 is 1.54. The molecule has 3 rings (SSSR count). The van der Waals surface area contributed by atoms with Gasteiger partial charge in [-0.3, -0.25) is 4.79 Å². The normalized spacial score (nSPS) is 17.3. The molecule has 0 unspecified atom stereocenters. The first-order chi connectivity index (χ1) is 10.4. The molecule has 2 N–H and O–H groups in total. The second-order valence-electron chi connectivity index (χ2n) is 6.35. The number of nitrogens with zero attached hydrogens (tertiary/aromatic N) is 1. The number of aromatic nitrogens is 1. The minimum Gasteiger partial charge on any atom is -0.384 e. The van der Waals surface area contributed by atoms with Gasteiger partial charge in [0.25, 0.3) is 5.91 Å². The number of carbonyl (C=O) groups excluding carboxylic acids is 1. The lowest BCUT2D eigenvalue weighted by atomic mass is 9.99. The van der Waals surface area contributed by atoms with Crippen molar-refractivity contribution in [2.24, 2.45) is 0 Å². The molecule has 1 aliphatic rings. The Morgan fingerprint density at radius 2 is 2.23 bits per heavy atom. The summed E-state index contributed by atoms with van der Waals surface area (Å²) in [6, 6.07) is 4.40. The minimum atomic E-state index is -1.04. The zero-order valence-corrected chi connectivity index (χ0v) is 14.0. The van der Waals surface area contributed by atoms with Gasteiger partial charge in [-0.15, -0.1) is 0 Å². The van der Waals surface area contributed by atoms with Crippen molar-refractivity contribution in [1.82, 2.24) is 9.88 Å². The fraction of sp³-hybridized carbons (Fsp3) is 0.471. The van der Waals surface area contributed by atoms with Crippen LogP contribution in [0.5, 0.6) is 0 Å². The smallest absolute Gasteiger partial charge is 0.253 e. The van der Waals surface area contributed by atoms with Crippen LogP contribution in [-0.2, 0) is 5.60 Å². The number of nitrogens with one attached hydrogen (secondary N) is 1. The number of aryl methyl sites for hydroxylation is 1. The molecule has 1 saturated carbocycles. The van der Waals surface area contributed by atoms with E-state index >= 15 is 0 Å². The molecule has 1 atom stereocenters. The Hall–Kier alpha value is -1.59. The molecule has 0 bridgehead atoms. The largest absolute Gasteiger partial charge is 0.384 e. The Labute approximate surface area is 134 Å². The molecule has 1 aliphatic carbocycles. The van der Waals surface area contributed by atoms with Crippen LogP contribution >= 0.6 is 11.3 Å². The van der Waals surface area contributed by atoms with E-state index in [1.165, 1.54) is 24.2 Å². The Morgan fingerprint density at radius 1 is 1.50 bits per heavy atom. The number of thiophene rings is 1. The summed E-state index contributed by atoms with van der Waals surface area (Å²) in [5.41, 5.74) is 2.66. The van der Waals surface area contributed by atoms with Crippen LogP contribution in [0.1, 0.15) is 53.1 Å². The molecule has 0 aromatic carbocycles. The maximum absolute atomic E-state index is 12.5. The van der Waals surface area contributed by atoms with E-state index in [-0.39, 0.29) is 12.5 Å². The van der Waals surface area contributed by atoms with Crippen LogP contribution in [0, 0.1) is 13.8 Å². The summed E-state index contributed by atoms with van der Waals surface area (Å²) in [5.74, 6) is -0.115. The SMILES string of the molecule is Cc1cc(C(=O)NC[C@@](C)(O)c2ccsc2)c(C)n1C1CC1. The average Bonchev–Trinajstić information content (AvgIpc) is 3.02. The van der Waals surface area contributed by atoms with Gasteiger partial charge in [0.15, 0.2) is 0 Å². The average molecular weight is 318 g/mol. The molecular weight excluding hydrogens is 296 g/mol. The molecular formula is C17H22N2O2S. The lowest BCUT2D eigenvalue weighted by molar-refractivity contribution is 0.0530. The highest BCUT2D eigenvalue weighted by Gasteiger charge is 2.29. The molecule has 118 valence electrons. The third kappa shape index (κ3) is 2.83. The summed E-state index contributed by atoms with van der Waals surface area (Å²) in [6.07, 6.45) is 2.40. The molecule has 2 aromatic heterocycles. The third-order valence-electron chi connectivity index (χ3n) is 4.38. The molecule has 4 nitrogen and oxygen atoms in total. The number of amides is 1. The van der Waals surface area contributed by atoms with Crippen molar-refractivity contribution in [3.05, 3.63) is 45.4 Å². The highest BCUT2D eigenvalue weighted by Crippen LogP contribution is 2.38. The zero-order chi connectivity index (χ0) is 15.9. The van der Waals surface area contributed by atoms with Crippen molar-refractivity contribution >= 4 is 17.2 Å². The van der Waals surface area contributed by atoms with E-state index in [9.17, 15) is 9.90 Å². The first-order valence-corrected chi connectivity index (χ1v) is 8.56. The number of hydrogen-bond acceptors (Lipinski definition) is 3. The van der Waals surface area contributed by atoms with Crippen molar-refractivity contribution in [1.29, 1.82) is 0 Å². The van der Waals surface area contributed by atoms with Crippen molar-refractivity contribution in [2.45, 2.75) is 45.3 Å². The van der Waals surface area contributed by atoms with Crippen LogP contribution in [0.25, 0.3) is 0 Å². The van der Waals surface area contributed by atoms with Gasteiger partial charge in [-0.05, 0) is 62.1 Å². The van der Waals surface area contributed by atoms with Crippen molar-refractivity contribution in [3.8, 4) is 0 Å². The van der Waals surface area contributed by atoms with Gasteiger partial charge in [-0.25, -0.2) is 0 Å². The Morgan fingerprint density at radius 3 is 2.82 bits per heavy atom. The fourth-order valence-corrected chi connectivity index (χ4v) is 3.71. The van der Waals surface area contributed by atoms with Gasteiger partial charge in [-0.1, -0.05) is 0 Å². The van der Waals surface area contributed by atoms with E-state index in [0.717, 1.165) is 17.0 Å². The minimum absolute atomic E-state index is 0.115. The van der Waals surface area contributed by atoms with Gasteiger partial charge in [0, 0.05) is 17.4 Å². The highest BCUT2D eigenvalue weighted by molar-refractivity contribution is 7.08. The highest BCUT2D eigenvalue weighted by atomic mass is 32.1. The van der Waals surface area contributed by atoms with Crippen LogP contribution in [0.15, 0.2) is 22.9 Å². The first kappa shape index (κ1) is 15.3. The van der Waals surface area contributed by atoms with Gasteiger partial charge >= 0.3 is 0 Å². The second kappa shape index (κ2) is 5.56. The van der Waals surface area contributed by atoms with Gasteiger partial charge in [0.1, 0.15) is 5.60 Å². The molecule has 5 heteroatoms. The van der Waals surface area contributed by atoms with E-state index < -0.39 is 5.60 Å². The van der Waals surface area contributed by atoms with Gasteiger partial charge in [-0.2, -0.15) is 11.3 Å². The Kier molecular flexibility index (Phi) is 3.87. The van der Waals surface area contributed by atoms with Gasteiger partial charge < -0.3 is 15.0 Å². The van der Waals surface area contributed by atoms with Crippen molar-refractivity contribution in [2.75, 3.05) is 6.54 Å². The molecule has 1 amide bonds. The summed E-state index contributed by atoms with van der Waals surface area (Å²) < 4.78 is 2.26. The zero-order valence-electron chi connectivity index (χ0n) is 13.2. The molecule has 22 heavy (non-hydrogen) atoms. The van der Waals surface area contributed by atoms with Gasteiger partial charge in [0.2, 0.25) is 0 Å². The van der Waals surface area contributed by atoms with Crippen LogP contribution in [0.2, 0.25) is 0 Å². The molecule has 2 aromatic rings. The van der Waals surface area contributed by atoms with E-state index in [4.69, 9.17) is 0 Å². The van der Waals surface area contributed by atoms with E-state index in [2.05, 4.69) is 9.88 Å². The second-order valence-corrected chi connectivity index (χ2v) is 7.13. The lowest BCUT2D eigenvalue weighted by Gasteiger charge is -2.22. The fourth-order valence-electron chi connectivity index (χ4n) is 2.92. The van der Waals surface area contributed by atoms with Crippen LogP contribution in [-0.4, -0.2) is 22.1 Å². The quantitative estimate of drug-likeness (QED) is 0.890. The van der Waals surface area contributed by atoms with Crippen molar-refractivity contribution in [3.63, 3.8) is 0 Å². The number of hydrogen-bond donors (Lipinski definition) is 2. The van der Waals surface area contributed by atoms with E-state index in [0.29, 0.717) is 11.6 Å². The lowest BCUT2D eigenvalue weighted by Crippen LogP contribution is -2.38. The Balaban J connectivity index is 1.71.